The van der Waals surface area contributed by atoms with Gasteiger partial charge in [0.2, 0.25) is 0 Å². The van der Waals surface area contributed by atoms with Crippen molar-refractivity contribution in [3.63, 3.8) is 0 Å². The van der Waals surface area contributed by atoms with Gasteiger partial charge in [-0.05, 0) is 19.8 Å². The van der Waals surface area contributed by atoms with Crippen molar-refractivity contribution in [2.24, 2.45) is 0 Å². The summed E-state index contributed by atoms with van der Waals surface area (Å²) < 4.78 is 94.2. The van der Waals surface area contributed by atoms with E-state index in [0.717, 1.165) is 0 Å². The average Bonchev–Trinajstić information content (AvgIpc) is 2.16. The van der Waals surface area contributed by atoms with Gasteiger partial charge in [-0.15, -0.1) is 0 Å². The van der Waals surface area contributed by atoms with E-state index in [0.29, 0.717) is 0 Å². The van der Waals surface area contributed by atoms with Crippen LogP contribution in [-0.2, 0) is 0 Å². The Bertz CT molecular complexity index is 155. The number of hydrogen-bond donors (Lipinski definition) is 0. The number of halogens is 9. The molecule has 0 radical (unpaired) electrons. The van der Waals surface area contributed by atoms with E-state index < -0.39 is 38.3 Å². The maximum absolute atomic E-state index is 10.5. The molecule has 0 amide bonds. The van der Waals surface area contributed by atoms with Crippen molar-refractivity contribution in [2.45, 2.75) is 18.5 Å². The standard InChI is InChI=1S/3C2H2F3O.Al/c3*3-2(4,5)1-6;/h3*1H2;/q3*-1;+3. The Morgan fingerprint density at radius 1 is 0.474 bits per heavy atom. The Balaban J connectivity index is -0.0000000865. The summed E-state index contributed by atoms with van der Waals surface area (Å²) in [5, 5.41) is 26.5. The van der Waals surface area contributed by atoms with Crippen molar-refractivity contribution in [3.8, 4) is 0 Å². The van der Waals surface area contributed by atoms with Gasteiger partial charge in [-0.25, -0.2) is 0 Å². The van der Waals surface area contributed by atoms with Crippen molar-refractivity contribution < 1.29 is 54.8 Å². The van der Waals surface area contributed by atoms with Crippen LogP contribution >= 0.6 is 0 Å². The molecule has 0 fully saturated rings. The fraction of sp³-hybridized carbons (Fsp3) is 1.00. The van der Waals surface area contributed by atoms with E-state index in [9.17, 15) is 39.5 Å². The third kappa shape index (κ3) is 57.4. The van der Waals surface area contributed by atoms with Gasteiger partial charge in [0.25, 0.3) is 0 Å². The summed E-state index contributed by atoms with van der Waals surface area (Å²) in [6, 6.07) is 0. The van der Waals surface area contributed by atoms with Crippen molar-refractivity contribution in [2.75, 3.05) is 19.8 Å². The molecule has 0 spiro atoms. The van der Waals surface area contributed by atoms with E-state index in [1.54, 1.807) is 0 Å². The Labute approximate surface area is 111 Å². The van der Waals surface area contributed by atoms with Crippen LogP contribution in [0.1, 0.15) is 0 Å². The normalized spacial score (nSPS) is 11.4. The van der Waals surface area contributed by atoms with Gasteiger partial charge in [-0.3, -0.25) is 0 Å². The predicted molar refractivity (Wildman–Crippen MR) is 38.5 cm³/mol. The van der Waals surface area contributed by atoms with E-state index in [1.165, 1.54) is 0 Å². The maximum atomic E-state index is 10.5. The minimum absolute atomic E-state index is 0. The molecular formula is C6H6AlF9O3. The van der Waals surface area contributed by atoms with Crippen LogP contribution in [-0.4, -0.2) is 55.7 Å². The summed E-state index contributed by atoms with van der Waals surface area (Å²) in [6.45, 7) is -5.94. The van der Waals surface area contributed by atoms with Crippen LogP contribution in [0.5, 0.6) is 0 Å². The molecule has 3 nitrogen and oxygen atoms in total. The summed E-state index contributed by atoms with van der Waals surface area (Å²) in [6.07, 6.45) is -13.5. The van der Waals surface area contributed by atoms with Crippen molar-refractivity contribution in [1.82, 2.24) is 0 Å². The molecular weight excluding hydrogens is 318 g/mol. The minimum atomic E-state index is -4.51. The molecule has 0 aliphatic carbocycles. The van der Waals surface area contributed by atoms with Gasteiger partial charge in [0.15, 0.2) is 0 Å². The Morgan fingerprint density at radius 3 is 0.526 bits per heavy atom. The van der Waals surface area contributed by atoms with Gasteiger partial charge in [0.1, 0.15) is 0 Å². The molecule has 0 N–H and O–H groups in total. The molecule has 0 bridgehead atoms. The van der Waals surface area contributed by atoms with Gasteiger partial charge in [0, 0.05) is 0 Å². The quantitative estimate of drug-likeness (QED) is 0.439. The third-order valence-electron chi connectivity index (χ3n) is 0.491. The molecule has 0 saturated carbocycles. The van der Waals surface area contributed by atoms with E-state index >= 15 is 0 Å². The van der Waals surface area contributed by atoms with Crippen LogP contribution < -0.4 is 15.3 Å². The van der Waals surface area contributed by atoms with Gasteiger partial charge in [-0.1, -0.05) is 0 Å². The molecule has 0 heterocycles. The molecule has 114 valence electrons. The summed E-state index contributed by atoms with van der Waals surface area (Å²) >= 11 is 0. The van der Waals surface area contributed by atoms with Crippen molar-refractivity contribution in [3.05, 3.63) is 0 Å². The first-order chi connectivity index (χ1) is 7.68. The van der Waals surface area contributed by atoms with Gasteiger partial charge in [0.05, 0.1) is 0 Å². The Morgan fingerprint density at radius 2 is 0.526 bits per heavy atom. The van der Waals surface area contributed by atoms with E-state index in [1.807, 2.05) is 0 Å². The Hall–Kier alpha value is -0.218. The summed E-state index contributed by atoms with van der Waals surface area (Å²) in [4.78, 5) is 0. The van der Waals surface area contributed by atoms with E-state index in [4.69, 9.17) is 15.3 Å². The number of hydrogen-bond acceptors (Lipinski definition) is 3. The zero-order valence-corrected chi connectivity index (χ0v) is 9.98. The van der Waals surface area contributed by atoms with Crippen LogP contribution in [0.3, 0.4) is 0 Å². The predicted octanol–water partition coefficient (Wildman–Crippen LogP) is -0.654. The van der Waals surface area contributed by atoms with Crippen LogP contribution in [0.2, 0.25) is 0 Å². The minimum Gasteiger partial charge on any atom is -0.848 e. The molecule has 13 heteroatoms. The van der Waals surface area contributed by atoms with Gasteiger partial charge >= 0.3 is 35.9 Å². The maximum Gasteiger partial charge on any atom is 3.00 e. The first kappa shape index (κ1) is 27.2. The molecule has 0 aliphatic rings. The van der Waals surface area contributed by atoms with Crippen molar-refractivity contribution >= 4 is 17.4 Å². The zero-order chi connectivity index (χ0) is 15.6. The number of rotatable bonds is 0. The molecule has 0 aromatic carbocycles. The van der Waals surface area contributed by atoms with Crippen LogP contribution in [0.4, 0.5) is 39.5 Å². The SMILES string of the molecule is [Al+3].[O-]CC(F)(F)F.[O-]CC(F)(F)F.[O-]CC(F)(F)F. The van der Waals surface area contributed by atoms with Crippen molar-refractivity contribution in [1.29, 1.82) is 0 Å². The molecule has 19 heavy (non-hydrogen) atoms. The second-order valence-corrected chi connectivity index (χ2v) is 2.28. The van der Waals surface area contributed by atoms with Crippen LogP contribution in [0.15, 0.2) is 0 Å². The second kappa shape index (κ2) is 11.6. The number of alkyl halides is 9. The second-order valence-electron chi connectivity index (χ2n) is 2.28. The van der Waals surface area contributed by atoms with E-state index in [-0.39, 0.29) is 17.4 Å². The van der Waals surface area contributed by atoms with Gasteiger partial charge < -0.3 is 15.3 Å². The molecule has 0 rings (SSSR count). The average molecular weight is 324 g/mol. The first-order valence-corrected chi connectivity index (χ1v) is 3.63. The van der Waals surface area contributed by atoms with Crippen LogP contribution in [0.25, 0.3) is 0 Å². The zero-order valence-electron chi connectivity index (χ0n) is 8.83. The first-order valence-electron chi connectivity index (χ1n) is 3.63. The molecule has 0 saturated heterocycles. The third-order valence-corrected chi connectivity index (χ3v) is 0.491. The smallest absolute Gasteiger partial charge is 0.848 e. The summed E-state index contributed by atoms with van der Waals surface area (Å²) in [5.74, 6) is 0. The molecule has 0 aromatic rings. The molecule has 0 aromatic heterocycles. The Kier molecular flexibility index (Phi) is 16.6. The summed E-state index contributed by atoms with van der Waals surface area (Å²) in [7, 11) is 0. The fourth-order valence-electron chi connectivity index (χ4n) is 0. The molecule has 0 unspecified atom stereocenters. The van der Waals surface area contributed by atoms with E-state index in [2.05, 4.69) is 0 Å². The largest absolute Gasteiger partial charge is 3.00 e. The molecule has 0 aliphatic heterocycles. The summed E-state index contributed by atoms with van der Waals surface area (Å²) in [5.41, 5.74) is 0. The monoisotopic (exact) mass is 324 g/mol. The molecule has 0 atom stereocenters. The topological polar surface area (TPSA) is 69.2 Å². The fourth-order valence-corrected chi connectivity index (χ4v) is 0. The van der Waals surface area contributed by atoms with Crippen LogP contribution in [0, 0.1) is 0 Å². The van der Waals surface area contributed by atoms with Gasteiger partial charge in [-0.2, -0.15) is 39.5 Å².